The Hall–Kier alpha value is -2.20. The predicted octanol–water partition coefficient (Wildman–Crippen LogP) is 4.40. The van der Waals surface area contributed by atoms with Gasteiger partial charge in [-0.05, 0) is 47.9 Å². The van der Waals surface area contributed by atoms with Crippen molar-refractivity contribution in [3.63, 3.8) is 0 Å². The molecule has 0 spiro atoms. The van der Waals surface area contributed by atoms with E-state index in [4.69, 9.17) is 0 Å². The zero-order valence-electron chi connectivity index (χ0n) is 12.2. The molecule has 1 unspecified atom stereocenters. The number of amides is 1. The van der Waals surface area contributed by atoms with Gasteiger partial charge in [0.1, 0.15) is 5.82 Å². The third kappa shape index (κ3) is 3.02. The highest BCUT2D eigenvalue weighted by molar-refractivity contribution is 7.17. The Labute approximate surface area is 132 Å². The summed E-state index contributed by atoms with van der Waals surface area (Å²) in [6.07, 6.45) is 0.726. The summed E-state index contributed by atoms with van der Waals surface area (Å²) < 4.78 is 14.9. The first kappa shape index (κ1) is 14.7. The van der Waals surface area contributed by atoms with Crippen LogP contribution in [0, 0.1) is 5.82 Å². The van der Waals surface area contributed by atoms with Gasteiger partial charge in [0.15, 0.2) is 0 Å². The van der Waals surface area contributed by atoms with Crippen molar-refractivity contribution in [2.75, 3.05) is 0 Å². The van der Waals surface area contributed by atoms with Crippen LogP contribution < -0.4 is 5.32 Å². The van der Waals surface area contributed by atoms with Crippen molar-refractivity contribution in [3.8, 4) is 0 Å². The molecule has 0 fully saturated rings. The number of carbonyl (C=O) groups is 1. The molecule has 3 aromatic rings. The second kappa shape index (κ2) is 6.28. The normalized spacial score (nSPS) is 12.3. The van der Waals surface area contributed by atoms with E-state index >= 15 is 0 Å². The minimum Gasteiger partial charge on any atom is -0.349 e. The molecule has 2 aromatic carbocycles. The van der Waals surface area contributed by atoms with Crippen LogP contribution in [0.2, 0.25) is 0 Å². The topological polar surface area (TPSA) is 29.1 Å². The largest absolute Gasteiger partial charge is 0.349 e. The van der Waals surface area contributed by atoms with Gasteiger partial charge < -0.3 is 5.32 Å². The third-order valence-electron chi connectivity index (χ3n) is 3.58. The van der Waals surface area contributed by atoms with Gasteiger partial charge in [-0.1, -0.05) is 30.3 Å². The maximum Gasteiger partial charge on any atom is 0.254 e. The smallest absolute Gasteiger partial charge is 0.254 e. The first-order chi connectivity index (χ1) is 10.6. The average Bonchev–Trinajstić information content (AvgIpc) is 2.91. The Morgan fingerprint density at radius 1 is 1.18 bits per heavy atom. The van der Waals surface area contributed by atoms with Crippen LogP contribution in [0.1, 0.15) is 22.8 Å². The molecule has 3 rings (SSSR count). The van der Waals surface area contributed by atoms with Crippen LogP contribution in [0.25, 0.3) is 10.1 Å². The highest BCUT2D eigenvalue weighted by Gasteiger charge is 2.15. The van der Waals surface area contributed by atoms with Gasteiger partial charge in [-0.3, -0.25) is 4.79 Å². The minimum absolute atomic E-state index is 0.0647. The molecule has 0 saturated carbocycles. The van der Waals surface area contributed by atoms with Crippen LogP contribution in [0.3, 0.4) is 0 Å². The molecule has 1 aromatic heterocycles. The molecular formula is C18H16FNOS. The van der Waals surface area contributed by atoms with Gasteiger partial charge in [0.05, 0.1) is 5.56 Å². The van der Waals surface area contributed by atoms with E-state index in [1.165, 1.54) is 27.8 Å². The van der Waals surface area contributed by atoms with Crippen LogP contribution in [0.5, 0.6) is 0 Å². The Morgan fingerprint density at radius 2 is 1.91 bits per heavy atom. The van der Waals surface area contributed by atoms with E-state index in [9.17, 15) is 9.18 Å². The summed E-state index contributed by atoms with van der Waals surface area (Å²) in [6.45, 7) is 1.94. The molecule has 1 amide bonds. The van der Waals surface area contributed by atoms with Crippen molar-refractivity contribution < 1.29 is 9.18 Å². The van der Waals surface area contributed by atoms with E-state index in [1.807, 2.05) is 19.1 Å². The van der Waals surface area contributed by atoms with E-state index in [0.717, 1.165) is 6.42 Å². The summed E-state index contributed by atoms with van der Waals surface area (Å²) in [4.78, 5) is 12.1. The van der Waals surface area contributed by atoms with Gasteiger partial charge in [0.2, 0.25) is 0 Å². The standard InChI is InChI=1S/C18H16FNOS/c1-12(20-18(21)15-7-2-4-8-16(15)19)10-13-11-22-17-9-5-3-6-14(13)17/h2-9,11-12H,10H2,1H3,(H,20,21). The first-order valence-corrected chi connectivity index (χ1v) is 8.03. The van der Waals surface area contributed by atoms with Crippen LogP contribution in [-0.2, 0) is 6.42 Å². The summed E-state index contributed by atoms with van der Waals surface area (Å²) in [5.41, 5.74) is 1.30. The van der Waals surface area contributed by atoms with Gasteiger partial charge in [-0.25, -0.2) is 4.39 Å². The fraction of sp³-hybridized carbons (Fsp3) is 0.167. The zero-order valence-corrected chi connectivity index (χ0v) is 13.0. The van der Waals surface area contributed by atoms with Gasteiger partial charge in [-0.2, -0.15) is 0 Å². The van der Waals surface area contributed by atoms with E-state index in [-0.39, 0.29) is 17.5 Å². The van der Waals surface area contributed by atoms with Crippen LogP contribution in [0.15, 0.2) is 53.9 Å². The number of fused-ring (bicyclic) bond motifs is 1. The molecule has 0 aliphatic rings. The van der Waals surface area contributed by atoms with E-state index in [1.54, 1.807) is 23.5 Å². The number of rotatable bonds is 4. The molecule has 0 saturated heterocycles. The first-order valence-electron chi connectivity index (χ1n) is 7.15. The van der Waals surface area contributed by atoms with Crippen molar-refractivity contribution in [1.29, 1.82) is 0 Å². The zero-order chi connectivity index (χ0) is 15.5. The highest BCUT2D eigenvalue weighted by Crippen LogP contribution is 2.26. The monoisotopic (exact) mass is 313 g/mol. The number of hydrogen-bond donors (Lipinski definition) is 1. The van der Waals surface area contributed by atoms with Gasteiger partial charge in [0, 0.05) is 10.7 Å². The third-order valence-corrected chi connectivity index (χ3v) is 4.60. The Bertz CT molecular complexity index is 811. The second-order valence-corrected chi connectivity index (χ2v) is 6.23. The predicted molar refractivity (Wildman–Crippen MR) is 88.9 cm³/mol. The lowest BCUT2D eigenvalue weighted by Crippen LogP contribution is -2.34. The summed E-state index contributed by atoms with van der Waals surface area (Å²) >= 11 is 1.70. The van der Waals surface area contributed by atoms with Gasteiger partial charge >= 0.3 is 0 Å². The van der Waals surface area contributed by atoms with E-state index in [0.29, 0.717) is 0 Å². The summed E-state index contributed by atoms with van der Waals surface area (Å²) in [5.74, 6) is -0.863. The van der Waals surface area contributed by atoms with Crippen molar-refractivity contribution in [3.05, 3.63) is 70.9 Å². The molecule has 2 nitrogen and oxygen atoms in total. The number of nitrogens with one attached hydrogen (secondary N) is 1. The fourth-order valence-corrected chi connectivity index (χ4v) is 3.49. The van der Waals surface area contributed by atoms with Crippen LogP contribution in [-0.4, -0.2) is 11.9 Å². The number of halogens is 1. The summed E-state index contributed by atoms with van der Waals surface area (Å²) in [7, 11) is 0. The Kier molecular flexibility index (Phi) is 4.20. The number of thiophene rings is 1. The molecule has 1 heterocycles. The highest BCUT2D eigenvalue weighted by atomic mass is 32.1. The maximum atomic E-state index is 13.6. The molecule has 0 aliphatic heterocycles. The van der Waals surface area contributed by atoms with E-state index in [2.05, 4.69) is 22.8 Å². The molecule has 1 atom stereocenters. The quantitative estimate of drug-likeness (QED) is 0.760. The van der Waals surface area contributed by atoms with Crippen molar-refractivity contribution in [2.45, 2.75) is 19.4 Å². The second-order valence-electron chi connectivity index (χ2n) is 5.32. The van der Waals surface area contributed by atoms with E-state index < -0.39 is 5.82 Å². The summed E-state index contributed by atoms with van der Waals surface area (Å²) in [6, 6.07) is 14.2. The molecule has 22 heavy (non-hydrogen) atoms. The fourth-order valence-electron chi connectivity index (χ4n) is 2.52. The molecule has 4 heteroatoms. The van der Waals surface area contributed by atoms with Crippen molar-refractivity contribution >= 4 is 27.3 Å². The van der Waals surface area contributed by atoms with Crippen LogP contribution in [0.4, 0.5) is 4.39 Å². The minimum atomic E-state index is -0.492. The number of hydrogen-bond acceptors (Lipinski definition) is 2. The van der Waals surface area contributed by atoms with Crippen LogP contribution >= 0.6 is 11.3 Å². The molecule has 1 N–H and O–H groups in total. The van der Waals surface area contributed by atoms with Gasteiger partial charge in [-0.15, -0.1) is 11.3 Å². The number of carbonyl (C=O) groups excluding carboxylic acids is 1. The molecule has 0 aliphatic carbocycles. The molecular weight excluding hydrogens is 297 g/mol. The lowest BCUT2D eigenvalue weighted by molar-refractivity contribution is 0.0936. The van der Waals surface area contributed by atoms with Gasteiger partial charge in [0.25, 0.3) is 5.91 Å². The molecule has 0 radical (unpaired) electrons. The summed E-state index contributed by atoms with van der Waals surface area (Å²) in [5, 5.41) is 6.21. The lowest BCUT2D eigenvalue weighted by atomic mass is 10.1. The lowest BCUT2D eigenvalue weighted by Gasteiger charge is -2.14. The average molecular weight is 313 g/mol. The number of benzene rings is 2. The Balaban J connectivity index is 1.71. The molecule has 112 valence electrons. The van der Waals surface area contributed by atoms with Crippen molar-refractivity contribution in [1.82, 2.24) is 5.32 Å². The molecule has 0 bridgehead atoms. The SMILES string of the molecule is CC(Cc1csc2ccccc12)NC(=O)c1ccccc1F. The Morgan fingerprint density at radius 3 is 2.73 bits per heavy atom. The maximum absolute atomic E-state index is 13.6. The van der Waals surface area contributed by atoms with Crippen molar-refractivity contribution in [2.24, 2.45) is 0 Å².